The molecule has 0 saturated carbocycles. The Hall–Kier alpha value is -4.21. The highest BCUT2D eigenvalue weighted by atomic mass is 16.5. The molecule has 1 aliphatic rings. The van der Waals surface area contributed by atoms with Crippen molar-refractivity contribution in [1.82, 2.24) is 15.2 Å². The van der Waals surface area contributed by atoms with Gasteiger partial charge in [0.15, 0.2) is 0 Å². The van der Waals surface area contributed by atoms with E-state index in [0.29, 0.717) is 37.6 Å². The molecule has 42 heavy (non-hydrogen) atoms. The molecule has 0 bridgehead atoms. The molecular formula is C33H41N5O4. The van der Waals surface area contributed by atoms with E-state index in [1.165, 1.54) is 6.08 Å². The van der Waals surface area contributed by atoms with E-state index in [4.69, 9.17) is 9.47 Å². The van der Waals surface area contributed by atoms with Crippen molar-refractivity contribution in [2.75, 3.05) is 63.3 Å². The van der Waals surface area contributed by atoms with Gasteiger partial charge in [0.25, 0.3) is 0 Å². The fourth-order valence-corrected chi connectivity index (χ4v) is 4.58. The van der Waals surface area contributed by atoms with E-state index in [1.54, 1.807) is 37.2 Å². The number of pyridine rings is 1. The van der Waals surface area contributed by atoms with Crippen LogP contribution in [0.4, 0.5) is 16.2 Å². The molecule has 1 aliphatic heterocycles. The van der Waals surface area contributed by atoms with Crippen LogP contribution in [-0.4, -0.2) is 81.5 Å². The minimum atomic E-state index is -0.426. The van der Waals surface area contributed by atoms with Crippen LogP contribution in [0.15, 0.2) is 73.1 Å². The molecule has 1 N–H and O–H groups in total. The Morgan fingerprint density at radius 2 is 1.67 bits per heavy atom. The Balaban J connectivity index is 1.50. The van der Waals surface area contributed by atoms with Gasteiger partial charge in [0.1, 0.15) is 0 Å². The number of anilines is 2. The van der Waals surface area contributed by atoms with Gasteiger partial charge in [-0.1, -0.05) is 36.4 Å². The van der Waals surface area contributed by atoms with Crippen LogP contribution in [0.25, 0.3) is 17.2 Å². The van der Waals surface area contributed by atoms with Crippen LogP contribution in [-0.2, 0) is 20.8 Å². The fraction of sp³-hybridized carbons (Fsp3) is 0.364. The van der Waals surface area contributed by atoms with E-state index in [2.05, 4.69) is 56.5 Å². The lowest BCUT2D eigenvalue weighted by molar-refractivity contribution is -0.141. The largest absolute Gasteiger partial charge is 0.460 e. The third-order valence-corrected chi connectivity index (χ3v) is 6.89. The number of amides is 2. The first-order valence-corrected chi connectivity index (χ1v) is 14.3. The van der Waals surface area contributed by atoms with E-state index in [0.717, 1.165) is 42.0 Å². The number of aromatic nitrogens is 1. The molecule has 0 spiro atoms. The number of hydrogen-bond donors (Lipinski definition) is 1. The van der Waals surface area contributed by atoms with Gasteiger partial charge in [0, 0.05) is 58.2 Å². The number of hydrogen-bond acceptors (Lipinski definition) is 7. The molecule has 0 atom stereocenters. The van der Waals surface area contributed by atoms with Gasteiger partial charge < -0.3 is 19.7 Å². The Kier molecular flexibility index (Phi) is 11.1. The van der Waals surface area contributed by atoms with Gasteiger partial charge in [-0.3, -0.25) is 14.8 Å². The summed E-state index contributed by atoms with van der Waals surface area (Å²) in [6, 6.07) is 18.3. The second-order valence-corrected chi connectivity index (χ2v) is 10.7. The van der Waals surface area contributed by atoms with Gasteiger partial charge in [-0.15, -0.1) is 0 Å². The van der Waals surface area contributed by atoms with Gasteiger partial charge in [-0.05, 0) is 60.4 Å². The van der Waals surface area contributed by atoms with Crippen LogP contribution in [0.2, 0.25) is 0 Å². The van der Waals surface area contributed by atoms with E-state index < -0.39 is 5.97 Å². The highest BCUT2D eigenvalue weighted by Gasteiger charge is 2.18. The second-order valence-electron chi connectivity index (χ2n) is 10.7. The van der Waals surface area contributed by atoms with Gasteiger partial charge in [-0.25, -0.2) is 9.59 Å². The normalized spacial score (nSPS) is 13.7. The molecule has 222 valence electrons. The van der Waals surface area contributed by atoms with Gasteiger partial charge in [0.05, 0.1) is 37.7 Å². The van der Waals surface area contributed by atoms with Crippen LogP contribution >= 0.6 is 0 Å². The van der Waals surface area contributed by atoms with E-state index in [1.807, 2.05) is 32.3 Å². The zero-order valence-corrected chi connectivity index (χ0v) is 25.0. The van der Waals surface area contributed by atoms with Crippen LogP contribution in [0, 0.1) is 0 Å². The average Bonchev–Trinajstić information content (AvgIpc) is 2.99. The van der Waals surface area contributed by atoms with Gasteiger partial charge >= 0.3 is 12.0 Å². The first-order chi connectivity index (χ1) is 20.3. The summed E-state index contributed by atoms with van der Waals surface area (Å²) in [5.41, 5.74) is 5.68. The molecular weight excluding hydrogens is 530 g/mol. The van der Waals surface area contributed by atoms with E-state index in [9.17, 15) is 9.59 Å². The maximum absolute atomic E-state index is 13.5. The Bertz CT molecular complexity index is 1330. The standard InChI is InChI=1S/C33H41N5O4/c1-25(2)42-32(39)14-7-27-21-31(23-34-22-27)38(33(40)35-15-16-37-17-19-41-20-18-37)24-26-5-8-28(9-6-26)29-10-12-30(13-11-29)36(3)4/h5-14,21-23,25H,15-20,24H2,1-4H3,(H,35,40)/b14-7+. The Morgan fingerprint density at radius 3 is 2.31 bits per heavy atom. The minimum Gasteiger partial charge on any atom is -0.460 e. The zero-order chi connectivity index (χ0) is 29.9. The van der Waals surface area contributed by atoms with Crippen molar-refractivity contribution in [2.45, 2.75) is 26.5 Å². The third kappa shape index (κ3) is 9.15. The predicted octanol–water partition coefficient (Wildman–Crippen LogP) is 4.83. The lowest BCUT2D eigenvalue weighted by Crippen LogP contribution is -2.45. The number of benzene rings is 2. The minimum absolute atomic E-state index is 0.202. The highest BCUT2D eigenvalue weighted by molar-refractivity contribution is 5.92. The molecule has 4 rings (SSSR count). The zero-order valence-electron chi connectivity index (χ0n) is 25.0. The molecule has 1 fully saturated rings. The van der Waals surface area contributed by atoms with Crippen molar-refractivity contribution < 1.29 is 19.1 Å². The number of esters is 1. The van der Waals surface area contributed by atoms with Crippen LogP contribution in [0.5, 0.6) is 0 Å². The molecule has 3 aromatic rings. The lowest BCUT2D eigenvalue weighted by atomic mass is 10.0. The number of morpholine rings is 1. The third-order valence-electron chi connectivity index (χ3n) is 6.89. The molecule has 9 nitrogen and oxygen atoms in total. The van der Waals surface area contributed by atoms with Crippen LogP contribution in [0.1, 0.15) is 25.0 Å². The number of urea groups is 1. The predicted molar refractivity (Wildman–Crippen MR) is 168 cm³/mol. The molecule has 0 aliphatic carbocycles. The number of carbonyl (C=O) groups is 2. The maximum Gasteiger partial charge on any atom is 0.331 e. The highest BCUT2D eigenvalue weighted by Crippen LogP contribution is 2.24. The van der Waals surface area contributed by atoms with Crippen molar-refractivity contribution in [1.29, 1.82) is 0 Å². The number of nitrogens with zero attached hydrogens (tertiary/aromatic N) is 4. The quantitative estimate of drug-likeness (QED) is 0.261. The molecule has 2 heterocycles. The van der Waals surface area contributed by atoms with E-state index in [-0.39, 0.29) is 12.1 Å². The summed E-state index contributed by atoms with van der Waals surface area (Å²) in [4.78, 5) is 35.9. The van der Waals surface area contributed by atoms with Gasteiger partial charge in [-0.2, -0.15) is 0 Å². The summed E-state index contributed by atoms with van der Waals surface area (Å²) >= 11 is 0. The molecule has 2 aromatic carbocycles. The number of ether oxygens (including phenoxy) is 2. The summed E-state index contributed by atoms with van der Waals surface area (Å²) in [7, 11) is 4.05. The van der Waals surface area contributed by atoms with Crippen molar-refractivity contribution >= 4 is 29.5 Å². The molecule has 1 aromatic heterocycles. The van der Waals surface area contributed by atoms with Crippen molar-refractivity contribution in [3.8, 4) is 11.1 Å². The number of nitrogens with one attached hydrogen (secondary N) is 1. The monoisotopic (exact) mass is 571 g/mol. The molecule has 9 heteroatoms. The molecule has 1 saturated heterocycles. The first-order valence-electron chi connectivity index (χ1n) is 14.3. The van der Waals surface area contributed by atoms with Crippen molar-refractivity contribution in [3.05, 3.63) is 84.2 Å². The van der Waals surface area contributed by atoms with Crippen molar-refractivity contribution in [3.63, 3.8) is 0 Å². The topological polar surface area (TPSA) is 87.2 Å². The Morgan fingerprint density at radius 1 is 1.00 bits per heavy atom. The smallest absolute Gasteiger partial charge is 0.331 e. The molecule has 0 radical (unpaired) electrons. The average molecular weight is 572 g/mol. The summed E-state index contributed by atoms with van der Waals surface area (Å²) in [5, 5.41) is 3.07. The Labute approximate surface area is 248 Å². The van der Waals surface area contributed by atoms with Crippen LogP contribution in [0.3, 0.4) is 0 Å². The second kappa shape index (κ2) is 15.1. The molecule has 0 unspecified atom stereocenters. The number of rotatable bonds is 11. The maximum atomic E-state index is 13.5. The lowest BCUT2D eigenvalue weighted by Gasteiger charge is -2.28. The number of carbonyl (C=O) groups excluding carboxylic acids is 2. The summed E-state index contributed by atoms with van der Waals surface area (Å²) in [5.74, 6) is -0.426. The SMILES string of the molecule is CC(C)OC(=O)/C=C/c1cncc(N(Cc2ccc(-c3ccc(N(C)C)cc3)cc2)C(=O)NCCN2CCOCC2)c1. The van der Waals surface area contributed by atoms with Gasteiger partial charge in [0.2, 0.25) is 0 Å². The molecule has 2 amide bonds. The summed E-state index contributed by atoms with van der Waals surface area (Å²) in [6.45, 7) is 8.39. The van der Waals surface area contributed by atoms with E-state index >= 15 is 0 Å². The first kappa shape index (κ1) is 30.7. The fourth-order valence-electron chi connectivity index (χ4n) is 4.58. The van der Waals surface area contributed by atoms with Crippen molar-refractivity contribution in [2.24, 2.45) is 0 Å². The summed E-state index contributed by atoms with van der Waals surface area (Å²) in [6.07, 6.45) is 6.12. The summed E-state index contributed by atoms with van der Waals surface area (Å²) < 4.78 is 10.6. The van der Waals surface area contributed by atoms with Crippen LogP contribution < -0.4 is 15.1 Å².